The predicted molar refractivity (Wildman–Crippen MR) is 76.4 cm³/mol. The van der Waals surface area contributed by atoms with Crippen LogP contribution in [0.2, 0.25) is 0 Å². The highest BCUT2D eigenvalue weighted by molar-refractivity contribution is 5.99. The summed E-state index contributed by atoms with van der Waals surface area (Å²) in [5.74, 6) is 0.918. The van der Waals surface area contributed by atoms with Crippen molar-refractivity contribution in [1.29, 1.82) is 0 Å². The lowest BCUT2D eigenvalue weighted by Gasteiger charge is -2.15. The molecule has 19 heavy (non-hydrogen) atoms. The minimum Gasteiger partial charge on any atom is -0.469 e. The number of anilines is 2. The van der Waals surface area contributed by atoms with Crippen LogP contribution in [0, 0.1) is 0 Å². The first-order chi connectivity index (χ1) is 9.06. The van der Waals surface area contributed by atoms with Gasteiger partial charge in [-0.3, -0.25) is 4.79 Å². The zero-order valence-electron chi connectivity index (χ0n) is 11.1. The normalized spacial score (nSPS) is 12.1. The van der Waals surface area contributed by atoms with Crippen molar-refractivity contribution in [2.75, 3.05) is 11.1 Å². The van der Waals surface area contributed by atoms with E-state index >= 15 is 0 Å². The minimum absolute atomic E-state index is 0.0207. The van der Waals surface area contributed by atoms with Crippen molar-refractivity contribution in [2.45, 2.75) is 26.3 Å². The molecule has 0 bridgehead atoms. The Bertz CT molecular complexity index is 562. The van der Waals surface area contributed by atoms with E-state index in [0.717, 1.165) is 17.9 Å². The van der Waals surface area contributed by atoms with Gasteiger partial charge in [-0.1, -0.05) is 0 Å². The van der Waals surface area contributed by atoms with Crippen LogP contribution in [0.25, 0.3) is 0 Å². The molecule has 1 atom stereocenters. The summed E-state index contributed by atoms with van der Waals surface area (Å²) in [7, 11) is 0. The van der Waals surface area contributed by atoms with Crippen molar-refractivity contribution in [3.63, 3.8) is 0 Å². The molecule has 1 heterocycles. The van der Waals surface area contributed by atoms with E-state index < -0.39 is 0 Å². The molecule has 100 valence electrons. The van der Waals surface area contributed by atoms with E-state index in [1.54, 1.807) is 18.4 Å². The fraction of sp³-hybridized carbons (Fsp3) is 0.267. The zero-order valence-corrected chi connectivity index (χ0v) is 11.1. The van der Waals surface area contributed by atoms with Crippen molar-refractivity contribution < 1.29 is 9.21 Å². The SMILES string of the molecule is CC(=O)c1ccc(NC(C)Cc2ccco2)cc1N. The summed E-state index contributed by atoms with van der Waals surface area (Å²) in [6.07, 6.45) is 2.46. The molecule has 2 aromatic rings. The van der Waals surface area contributed by atoms with Crippen molar-refractivity contribution in [1.82, 2.24) is 0 Å². The highest BCUT2D eigenvalue weighted by atomic mass is 16.3. The molecule has 0 aliphatic carbocycles. The van der Waals surface area contributed by atoms with Gasteiger partial charge in [0.1, 0.15) is 5.76 Å². The number of Topliss-reactive ketones (excluding diaryl/α,β-unsaturated/α-hetero) is 1. The van der Waals surface area contributed by atoms with Crippen LogP contribution in [-0.2, 0) is 6.42 Å². The van der Waals surface area contributed by atoms with Gasteiger partial charge in [0.25, 0.3) is 0 Å². The molecule has 3 N–H and O–H groups in total. The quantitative estimate of drug-likeness (QED) is 0.638. The summed E-state index contributed by atoms with van der Waals surface area (Å²) >= 11 is 0. The van der Waals surface area contributed by atoms with Crippen LogP contribution in [0.1, 0.15) is 30.0 Å². The maximum absolute atomic E-state index is 11.3. The molecular weight excluding hydrogens is 240 g/mol. The second-order valence-corrected chi connectivity index (χ2v) is 4.69. The summed E-state index contributed by atoms with van der Waals surface area (Å²) in [6.45, 7) is 3.58. The highest BCUT2D eigenvalue weighted by Gasteiger charge is 2.08. The number of hydrogen-bond acceptors (Lipinski definition) is 4. The maximum Gasteiger partial charge on any atom is 0.161 e. The van der Waals surface area contributed by atoms with Gasteiger partial charge >= 0.3 is 0 Å². The van der Waals surface area contributed by atoms with E-state index in [0.29, 0.717) is 11.3 Å². The first-order valence-corrected chi connectivity index (χ1v) is 6.25. The highest BCUT2D eigenvalue weighted by Crippen LogP contribution is 2.19. The Morgan fingerprint density at radius 1 is 1.42 bits per heavy atom. The molecule has 4 nitrogen and oxygen atoms in total. The molecule has 1 unspecified atom stereocenters. The molecular formula is C15H18N2O2. The third-order valence-electron chi connectivity index (χ3n) is 2.93. The number of nitrogen functional groups attached to an aromatic ring is 1. The van der Waals surface area contributed by atoms with Crippen LogP contribution < -0.4 is 11.1 Å². The van der Waals surface area contributed by atoms with Gasteiger partial charge in [0.15, 0.2) is 5.78 Å². The topological polar surface area (TPSA) is 68.3 Å². The van der Waals surface area contributed by atoms with Crippen LogP contribution in [0.4, 0.5) is 11.4 Å². The number of nitrogens with one attached hydrogen (secondary N) is 1. The average Bonchev–Trinajstić information content (AvgIpc) is 2.81. The molecule has 2 rings (SSSR count). The number of carbonyl (C=O) groups is 1. The number of ketones is 1. The van der Waals surface area contributed by atoms with Gasteiger partial charge in [0.05, 0.1) is 6.26 Å². The van der Waals surface area contributed by atoms with Gasteiger partial charge in [-0.2, -0.15) is 0 Å². The van der Waals surface area contributed by atoms with Crippen LogP contribution in [0.5, 0.6) is 0 Å². The van der Waals surface area contributed by atoms with Gasteiger partial charge in [0, 0.05) is 29.4 Å². The number of benzene rings is 1. The van der Waals surface area contributed by atoms with Crippen molar-refractivity contribution in [2.24, 2.45) is 0 Å². The largest absolute Gasteiger partial charge is 0.469 e. The predicted octanol–water partition coefficient (Wildman–Crippen LogP) is 3.11. The lowest BCUT2D eigenvalue weighted by Crippen LogP contribution is -2.18. The second kappa shape index (κ2) is 5.61. The molecule has 1 aromatic heterocycles. The lowest BCUT2D eigenvalue weighted by atomic mass is 10.1. The van der Waals surface area contributed by atoms with Gasteiger partial charge in [-0.15, -0.1) is 0 Å². The Labute approximate surface area is 112 Å². The lowest BCUT2D eigenvalue weighted by molar-refractivity contribution is 0.101. The summed E-state index contributed by atoms with van der Waals surface area (Å²) < 4.78 is 5.31. The number of carbonyl (C=O) groups excluding carboxylic acids is 1. The molecule has 4 heteroatoms. The van der Waals surface area contributed by atoms with E-state index in [9.17, 15) is 4.79 Å². The maximum atomic E-state index is 11.3. The van der Waals surface area contributed by atoms with Crippen LogP contribution in [0.15, 0.2) is 41.0 Å². The standard InChI is InChI=1S/C15H18N2O2/c1-10(8-13-4-3-7-19-13)17-12-5-6-14(11(2)18)15(16)9-12/h3-7,9-10,17H,8,16H2,1-2H3. The molecule has 0 saturated heterocycles. The number of nitrogens with two attached hydrogens (primary N) is 1. The summed E-state index contributed by atoms with van der Waals surface area (Å²) in [5.41, 5.74) is 7.82. The van der Waals surface area contributed by atoms with E-state index in [1.165, 1.54) is 6.92 Å². The Kier molecular flexibility index (Phi) is 3.90. The van der Waals surface area contributed by atoms with Crippen molar-refractivity contribution >= 4 is 17.2 Å². The fourth-order valence-electron chi connectivity index (χ4n) is 2.04. The summed E-state index contributed by atoms with van der Waals surface area (Å²) in [4.78, 5) is 11.3. The van der Waals surface area contributed by atoms with Gasteiger partial charge in [-0.05, 0) is 44.2 Å². The van der Waals surface area contributed by atoms with Gasteiger partial charge in [-0.25, -0.2) is 0 Å². The number of furan rings is 1. The zero-order chi connectivity index (χ0) is 13.8. The van der Waals surface area contributed by atoms with Crippen LogP contribution in [0.3, 0.4) is 0 Å². The molecule has 0 saturated carbocycles. The van der Waals surface area contributed by atoms with E-state index in [1.807, 2.05) is 18.2 Å². The Hall–Kier alpha value is -2.23. The molecule has 0 radical (unpaired) electrons. The summed E-state index contributed by atoms with van der Waals surface area (Å²) in [5, 5.41) is 3.34. The molecule has 0 fully saturated rings. The number of rotatable bonds is 5. The molecule has 0 spiro atoms. The Morgan fingerprint density at radius 3 is 2.79 bits per heavy atom. The monoisotopic (exact) mass is 258 g/mol. The van der Waals surface area contributed by atoms with Crippen molar-refractivity contribution in [3.05, 3.63) is 47.9 Å². The first-order valence-electron chi connectivity index (χ1n) is 6.25. The first kappa shape index (κ1) is 13.2. The van der Waals surface area contributed by atoms with Gasteiger partial charge in [0.2, 0.25) is 0 Å². The second-order valence-electron chi connectivity index (χ2n) is 4.69. The molecule has 0 amide bonds. The van der Waals surface area contributed by atoms with E-state index in [-0.39, 0.29) is 11.8 Å². The molecule has 0 aliphatic rings. The smallest absolute Gasteiger partial charge is 0.161 e. The number of hydrogen-bond donors (Lipinski definition) is 2. The third-order valence-corrected chi connectivity index (χ3v) is 2.93. The minimum atomic E-state index is -0.0207. The molecule has 0 aliphatic heterocycles. The van der Waals surface area contributed by atoms with E-state index in [4.69, 9.17) is 10.2 Å². The van der Waals surface area contributed by atoms with Crippen LogP contribution >= 0.6 is 0 Å². The van der Waals surface area contributed by atoms with E-state index in [2.05, 4.69) is 12.2 Å². The Balaban J connectivity index is 2.03. The van der Waals surface area contributed by atoms with Gasteiger partial charge < -0.3 is 15.5 Å². The van der Waals surface area contributed by atoms with Crippen LogP contribution in [-0.4, -0.2) is 11.8 Å². The Morgan fingerprint density at radius 2 is 2.21 bits per heavy atom. The molecule has 1 aromatic carbocycles. The average molecular weight is 258 g/mol. The fourth-order valence-corrected chi connectivity index (χ4v) is 2.04. The summed E-state index contributed by atoms with van der Waals surface area (Å²) in [6, 6.07) is 9.45. The third kappa shape index (κ3) is 3.37. The van der Waals surface area contributed by atoms with Crippen molar-refractivity contribution in [3.8, 4) is 0 Å².